The van der Waals surface area contributed by atoms with E-state index in [0.29, 0.717) is 0 Å². The van der Waals surface area contributed by atoms with Gasteiger partial charge in [-0.2, -0.15) is 0 Å². The molecular formula is C12H25N3. The zero-order valence-electron chi connectivity index (χ0n) is 10.2. The Morgan fingerprint density at radius 3 is 2.80 bits per heavy atom. The van der Waals surface area contributed by atoms with E-state index in [0.717, 1.165) is 12.1 Å². The first-order valence-corrected chi connectivity index (χ1v) is 6.38. The van der Waals surface area contributed by atoms with Crippen LogP contribution in [0.4, 0.5) is 0 Å². The maximum Gasteiger partial charge on any atom is 0.0217 e. The summed E-state index contributed by atoms with van der Waals surface area (Å²) in [5, 5.41) is 3.59. The molecule has 0 aliphatic carbocycles. The number of likely N-dealkylation sites (tertiary alicyclic amines) is 1. The zero-order chi connectivity index (χ0) is 10.7. The van der Waals surface area contributed by atoms with E-state index in [1.54, 1.807) is 0 Å². The number of piperidine rings is 1. The molecule has 2 saturated heterocycles. The van der Waals surface area contributed by atoms with Gasteiger partial charge >= 0.3 is 0 Å². The molecule has 2 unspecified atom stereocenters. The van der Waals surface area contributed by atoms with Crippen LogP contribution in [0.15, 0.2) is 0 Å². The Hall–Kier alpha value is -0.120. The topological polar surface area (TPSA) is 18.5 Å². The van der Waals surface area contributed by atoms with Crippen molar-refractivity contribution in [1.29, 1.82) is 0 Å². The normalized spacial score (nSPS) is 33.8. The van der Waals surface area contributed by atoms with Gasteiger partial charge in [0.05, 0.1) is 0 Å². The average Bonchev–Trinajstić information content (AvgIpc) is 2.71. The van der Waals surface area contributed by atoms with Crippen molar-refractivity contribution < 1.29 is 0 Å². The molecule has 3 heteroatoms. The van der Waals surface area contributed by atoms with Gasteiger partial charge in [0.15, 0.2) is 0 Å². The lowest BCUT2D eigenvalue weighted by Gasteiger charge is -2.37. The van der Waals surface area contributed by atoms with E-state index in [1.807, 2.05) is 0 Å². The maximum absolute atomic E-state index is 3.59. The van der Waals surface area contributed by atoms with Crippen molar-refractivity contribution in [3.63, 3.8) is 0 Å². The summed E-state index contributed by atoms with van der Waals surface area (Å²) in [6.45, 7) is 5.08. The zero-order valence-corrected chi connectivity index (χ0v) is 10.2. The highest BCUT2D eigenvalue weighted by Gasteiger charge is 2.24. The second kappa shape index (κ2) is 5.28. The van der Waals surface area contributed by atoms with Crippen LogP contribution in [0.5, 0.6) is 0 Å². The number of hydrogen-bond acceptors (Lipinski definition) is 3. The molecule has 2 heterocycles. The van der Waals surface area contributed by atoms with Crippen molar-refractivity contribution in [2.45, 2.75) is 37.8 Å². The Morgan fingerprint density at radius 1 is 1.27 bits per heavy atom. The minimum absolute atomic E-state index is 0.769. The Morgan fingerprint density at radius 2 is 2.13 bits per heavy atom. The summed E-state index contributed by atoms with van der Waals surface area (Å²) in [4.78, 5) is 5.03. The van der Waals surface area contributed by atoms with Gasteiger partial charge in [0.1, 0.15) is 0 Å². The Balaban J connectivity index is 1.76. The minimum atomic E-state index is 0.769. The van der Waals surface area contributed by atoms with Crippen molar-refractivity contribution in [2.75, 3.05) is 40.3 Å². The van der Waals surface area contributed by atoms with E-state index in [9.17, 15) is 0 Å². The van der Waals surface area contributed by atoms with Gasteiger partial charge in [-0.3, -0.25) is 0 Å². The summed E-state index contributed by atoms with van der Waals surface area (Å²) in [6.07, 6.45) is 5.50. The van der Waals surface area contributed by atoms with E-state index in [4.69, 9.17) is 0 Å². The van der Waals surface area contributed by atoms with Gasteiger partial charge in [0.25, 0.3) is 0 Å². The fourth-order valence-electron chi connectivity index (χ4n) is 2.84. The van der Waals surface area contributed by atoms with Crippen molar-refractivity contribution in [2.24, 2.45) is 0 Å². The third-order valence-corrected chi connectivity index (χ3v) is 3.85. The first-order valence-electron chi connectivity index (χ1n) is 6.38. The predicted molar refractivity (Wildman–Crippen MR) is 64.2 cm³/mol. The molecule has 2 fully saturated rings. The van der Waals surface area contributed by atoms with Gasteiger partial charge in [-0.1, -0.05) is 0 Å². The number of likely N-dealkylation sites (N-methyl/N-ethyl adjacent to an activating group) is 1. The predicted octanol–water partition coefficient (Wildman–Crippen LogP) is 0.764. The first kappa shape index (κ1) is 11.4. The summed E-state index contributed by atoms with van der Waals surface area (Å²) < 4.78 is 0. The smallest absolute Gasteiger partial charge is 0.0217 e. The number of rotatable bonds is 3. The van der Waals surface area contributed by atoms with Crippen LogP contribution in [0.25, 0.3) is 0 Å². The van der Waals surface area contributed by atoms with E-state index >= 15 is 0 Å². The van der Waals surface area contributed by atoms with Crippen LogP contribution >= 0.6 is 0 Å². The molecule has 0 spiro atoms. The molecule has 2 aliphatic rings. The van der Waals surface area contributed by atoms with Gasteiger partial charge in [0, 0.05) is 25.2 Å². The maximum atomic E-state index is 3.59. The summed E-state index contributed by atoms with van der Waals surface area (Å²) in [7, 11) is 4.42. The Kier molecular flexibility index (Phi) is 4.00. The molecule has 0 bridgehead atoms. The lowest BCUT2D eigenvalue weighted by atomic mass is 10.0. The van der Waals surface area contributed by atoms with Crippen molar-refractivity contribution >= 4 is 0 Å². The quantitative estimate of drug-likeness (QED) is 0.744. The monoisotopic (exact) mass is 211 g/mol. The summed E-state index contributed by atoms with van der Waals surface area (Å²) >= 11 is 0. The van der Waals surface area contributed by atoms with Crippen LogP contribution in [0.1, 0.15) is 25.7 Å². The van der Waals surface area contributed by atoms with Gasteiger partial charge in [-0.05, 0) is 52.9 Å². The average molecular weight is 211 g/mol. The van der Waals surface area contributed by atoms with Gasteiger partial charge in [-0.15, -0.1) is 0 Å². The lowest BCUT2D eigenvalue weighted by Crippen LogP contribution is -2.48. The molecule has 3 nitrogen and oxygen atoms in total. The molecule has 0 aromatic rings. The fraction of sp³-hybridized carbons (Fsp3) is 1.00. The van der Waals surface area contributed by atoms with Gasteiger partial charge < -0.3 is 15.1 Å². The van der Waals surface area contributed by atoms with E-state index in [-0.39, 0.29) is 0 Å². The molecule has 2 rings (SSSR count). The molecule has 1 N–H and O–H groups in total. The van der Waals surface area contributed by atoms with Crippen LogP contribution in [-0.4, -0.2) is 62.2 Å². The van der Waals surface area contributed by atoms with E-state index in [2.05, 4.69) is 29.2 Å². The number of nitrogens with one attached hydrogen (secondary N) is 1. The summed E-state index contributed by atoms with van der Waals surface area (Å²) in [5.74, 6) is 0. The van der Waals surface area contributed by atoms with Crippen LogP contribution in [0, 0.1) is 0 Å². The Labute approximate surface area is 93.8 Å². The van der Waals surface area contributed by atoms with Gasteiger partial charge in [0.2, 0.25) is 0 Å². The van der Waals surface area contributed by atoms with E-state index < -0.39 is 0 Å². The number of hydrogen-bond donors (Lipinski definition) is 1. The molecule has 88 valence electrons. The highest BCUT2D eigenvalue weighted by molar-refractivity contribution is 4.83. The molecule has 0 amide bonds. The highest BCUT2D eigenvalue weighted by atomic mass is 15.2. The molecule has 0 aromatic carbocycles. The standard InChI is InChI=1S/C12H25N3/c1-14(2)12-6-4-8-15(10-12)9-11-5-3-7-13-11/h11-13H,3-10H2,1-2H3. The van der Waals surface area contributed by atoms with Crippen LogP contribution in [0.2, 0.25) is 0 Å². The van der Waals surface area contributed by atoms with Crippen molar-refractivity contribution in [3.05, 3.63) is 0 Å². The van der Waals surface area contributed by atoms with Crippen LogP contribution in [-0.2, 0) is 0 Å². The molecular weight excluding hydrogens is 186 g/mol. The lowest BCUT2D eigenvalue weighted by molar-refractivity contribution is 0.125. The third-order valence-electron chi connectivity index (χ3n) is 3.85. The fourth-order valence-corrected chi connectivity index (χ4v) is 2.84. The Bertz CT molecular complexity index is 185. The molecule has 0 radical (unpaired) electrons. The van der Waals surface area contributed by atoms with Crippen molar-refractivity contribution in [1.82, 2.24) is 15.1 Å². The molecule has 0 aromatic heterocycles. The van der Waals surface area contributed by atoms with Gasteiger partial charge in [-0.25, -0.2) is 0 Å². The summed E-state index contributed by atoms with van der Waals surface area (Å²) in [5.41, 5.74) is 0. The largest absolute Gasteiger partial charge is 0.313 e. The van der Waals surface area contributed by atoms with Crippen molar-refractivity contribution in [3.8, 4) is 0 Å². The molecule has 15 heavy (non-hydrogen) atoms. The molecule has 0 saturated carbocycles. The molecule has 2 aliphatic heterocycles. The van der Waals surface area contributed by atoms with Crippen LogP contribution in [0.3, 0.4) is 0 Å². The van der Waals surface area contributed by atoms with E-state index in [1.165, 1.54) is 51.9 Å². The third kappa shape index (κ3) is 3.16. The second-order valence-electron chi connectivity index (χ2n) is 5.31. The van der Waals surface area contributed by atoms with Crippen LogP contribution < -0.4 is 5.32 Å². The SMILES string of the molecule is CN(C)C1CCCN(CC2CCCN2)C1. The second-order valence-corrected chi connectivity index (χ2v) is 5.31. The number of nitrogens with zero attached hydrogens (tertiary/aromatic N) is 2. The first-order chi connectivity index (χ1) is 7.25. The minimum Gasteiger partial charge on any atom is -0.313 e. The summed E-state index contributed by atoms with van der Waals surface area (Å²) in [6, 6.07) is 1.55. The highest BCUT2D eigenvalue weighted by Crippen LogP contribution is 2.15. The molecule has 2 atom stereocenters.